The molecule has 11 heteroatoms. The van der Waals surface area contributed by atoms with E-state index < -0.39 is 8.84 Å². The minimum atomic E-state index is -2.10. The second kappa shape index (κ2) is 9.59. The number of nitrogens with one attached hydrogen (secondary N) is 3. The number of aromatic amines is 1. The van der Waals surface area contributed by atoms with E-state index in [1.807, 2.05) is 19.1 Å². The molecule has 1 aliphatic heterocycles. The van der Waals surface area contributed by atoms with Crippen LogP contribution in [0.25, 0.3) is 22.0 Å². The van der Waals surface area contributed by atoms with E-state index in [2.05, 4.69) is 25.3 Å². The fourth-order valence-corrected chi connectivity index (χ4v) is 4.29. The molecule has 2 aromatic heterocycles. The largest absolute Gasteiger partial charge is 0.488 e. The smallest absolute Gasteiger partial charge is 0.393 e. The monoisotopic (exact) mass is 467 g/mol. The summed E-state index contributed by atoms with van der Waals surface area (Å²) in [6, 6.07) is 5.42. The zero-order valence-corrected chi connectivity index (χ0v) is 19.7. The number of aromatic nitrogens is 3. The highest BCUT2D eigenvalue weighted by atomic mass is 28.3. The molecule has 1 amide bonds. The molecule has 1 fully saturated rings. The normalized spacial score (nSPS) is 14.2. The molecule has 1 aromatic carbocycles. The number of H-pyrrole nitrogens is 1. The van der Waals surface area contributed by atoms with Crippen LogP contribution < -0.4 is 20.6 Å². The van der Waals surface area contributed by atoms with Gasteiger partial charge in [-0.05, 0) is 37.2 Å². The average molecular weight is 468 g/mol. The standard InChI is InChI=1S/C22H25N5O5Si/c1-12-17-8-14(15-9-18(27-33(3)30)21(29)23-11-15)10-19(32-16-4-6-31-7-5-16)20(17)26-22(24-12)25-13(2)28/h8-11,16,27H,4-7H2,1-3H3,(H,23,29)(H,24,25,26,28). The first-order valence-electron chi connectivity index (χ1n) is 10.6. The van der Waals surface area contributed by atoms with Gasteiger partial charge in [0.15, 0.2) is 0 Å². The molecule has 3 heterocycles. The highest BCUT2D eigenvalue weighted by Crippen LogP contribution is 2.35. The van der Waals surface area contributed by atoms with Crippen LogP contribution in [0.2, 0.25) is 6.55 Å². The molecule has 0 atom stereocenters. The Kier molecular flexibility index (Phi) is 6.61. The van der Waals surface area contributed by atoms with Crippen LogP contribution in [-0.2, 0) is 14.0 Å². The van der Waals surface area contributed by atoms with Crippen molar-refractivity contribution >= 4 is 37.3 Å². The van der Waals surface area contributed by atoms with Gasteiger partial charge in [0.2, 0.25) is 11.9 Å². The van der Waals surface area contributed by atoms with Crippen LogP contribution in [0.4, 0.5) is 11.6 Å². The van der Waals surface area contributed by atoms with Crippen LogP contribution in [0.3, 0.4) is 0 Å². The zero-order valence-electron chi connectivity index (χ0n) is 18.7. The molecule has 4 rings (SSSR count). The van der Waals surface area contributed by atoms with Gasteiger partial charge in [0, 0.05) is 36.9 Å². The summed E-state index contributed by atoms with van der Waals surface area (Å²) >= 11 is 0. The lowest BCUT2D eigenvalue weighted by Crippen LogP contribution is -2.26. The lowest BCUT2D eigenvalue weighted by molar-refractivity contribution is -0.114. The molecule has 0 bridgehead atoms. The number of carbonyl (C=O) groups is 1. The third kappa shape index (κ3) is 5.32. The van der Waals surface area contributed by atoms with Gasteiger partial charge < -0.3 is 23.9 Å². The highest BCUT2D eigenvalue weighted by Gasteiger charge is 2.20. The van der Waals surface area contributed by atoms with Crippen molar-refractivity contribution in [3.05, 3.63) is 40.4 Å². The Labute approximate surface area is 191 Å². The summed E-state index contributed by atoms with van der Waals surface area (Å²) in [5.41, 5.74) is 2.63. The van der Waals surface area contributed by atoms with Crippen molar-refractivity contribution < 1.29 is 18.7 Å². The van der Waals surface area contributed by atoms with Gasteiger partial charge in [-0.15, -0.1) is 0 Å². The van der Waals surface area contributed by atoms with Gasteiger partial charge in [-0.2, -0.15) is 0 Å². The summed E-state index contributed by atoms with van der Waals surface area (Å²) in [7, 11) is -2.10. The lowest BCUT2D eigenvalue weighted by atomic mass is 10.0. The molecule has 0 aliphatic carbocycles. The third-order valence-corrected chi connectivity index (χ3v) is 5.87. The van der Waals surface area contributed by atoms with Crippen LogP contribution >= 0.6 is 0 Å². The molecule has 3 aromatic rings. The average Bonchev–Trinajstić information content (AvgIpc) is 2.76. The second-order valence-corrected chi connectivity index (χ2v) is 9.29. The van der Waals surface area contributed by atoms with E-state index in [-0.39, 0.29) is 29.2 Å². The van der Waals surface area contributed by atoms with E-state index in [9.17, 15) is 14.1 Å². The Morgan fingerprint density at radius 3 is 2.67 bits per heavy atom. The van der Waals surface area contributed by atoms with E-state index in [0.717, 1.165) is 23.8 Å². The fraction of sp³-hybridized carbons (Fsp3) is 0.364. The van der Waals surface area contributed by atoms with Gasteiger partial charge in [-0.25, -0.2) is 9.97 Å². The SMILES string of the molecule is CC(=O)Nc1nc(C)c2cc(-c3c[nH]c(=O)c(N[Si](C)=O)c3)cc(OC3CCOCC3)c2n1. The van der Waals surface area contributed by atoms with E-state index in [4.69, 9.17) is 9.47 Å². The topological polar surface area (TPSA) is 135 Å². The maximum absolute atomic E-state index is 12.1. The molecule has 1 aliphatic rings. The summed E-state index contributed by atoms with van der Waals surface area (Å²) in [6.45, 7) is 6.01. The number of hydrogen-bond donors (Lipinski definition) is 3. The van der Waals surface area contributed by atoms with Gasteiger partial charge >= 0.3 is 8.84 Å². The Hall–Kier alpha value is -3.44. The molecule has 10 nitrogen and oxygen atoms in total. The molecule has 33 heavy (non-hydrogen) atoms. The number of aryl methyl sites for hydroxylation is 1. The van der Waals surface area contributed by atoms with Crippen LogP contribution in [0.15, 0.2) is 29.2 Å². The van der Waals surface area contributed by atoms with Gasteiger partial charge in [-0.3, -0.25) is 14.9 Å². The summed E-state index contributed by atoms with van der Waals surface area (Å²) in [6.07, 6.45) is 3.08. The van der Waals surface area contributed by atoms with Crippen LogP contribution in [0.1, 0.15) is 25.5 Å². The first-order valence-corrected chi connectivity index (χ1v) is 12.6. The van der Waals surface area contributed by atoms with Crippen molar-refractivity contribution in [2.45, 2.75) is 39.3 Å². The van der Waals surface area contributed by atoms with E-state index >= 15 is 0 Å². The predicted molar refractivity (Wildman–Crippen MR) is 125 cm³/mol. The number of rotatable bonds is 6. The molecular formula is C22H25N5O5Si. The Morgan fingerprint density at radius 1 is 1.21 bits per heavy atom. The Balaban J connectivity index is 1.85. The molecule has 0 radical (unpaired) electrons. The van der Waals surface area contributed by atoms with Crippen LogP contribution in [-0.4, -0.2) is 49.0 Å². The summed E-state index contributed by atoms with van der Waals surface area (Å²) < 4.78 is 23.4. The second-order valence-electron chi connectivity index (χ2n) is 7.93. The Bertz CT molecular complexity index is 1290. The number of hydrogen-bond acceptors (Lipinski definition) is 7. The number of nitrogens with zero attached hydrogens (tertiary/aromatic N) is 2. The number of carbonyl (C=O) groups excluding carboxylic acids is 1. The minimum Gasteiger partial charge on any atom is -0.488 e. The van der Waals surface area contributed by atoms with E-state index in [1.165, 1.54) is 13.5 Å². The van der Waals surface area contributed by atoms with E-state index in [1.54, 1.807) is 12.3 Å². The quantitative estimate of drug-likeness (QED) is 0.471. The van der Waals surface area contributed by atoms with Crippen LogP contribution in [0.5, 0.6) is 5.75 Å². The molecule has 0 spiro atoms. The third-order valence-electron chi connectivity index (χ3n) is 5.25. The number of ether oxygens (including phenoxy) is 2. The molecular weight excluding hydrogens is 442 g/mol. The van der Waals surface area contributed by atoms with E-state index in [0.29, 0.717) is 35.7 Å². The van der Waals surface area contributed by atoms with Crippen molar-refractivity contribution in [2.75, 3.05) is 23.5 Å². The van der Waals surface area contributed by atoms with Gasteiger partial charge in [0.25, 0.3) is 5.56 Å². The molecule has 172 valence electrons. The Morgan fingerprint density at radius 2 is 1.97 bits per heavy atom. The maximum atomic E-state index is 12.1. The van der Waals surface area contributed by atoms with Gasteiger partial charge in [0.05, 0.1) is 24.6 Å². The van der Waals surface area contributed by atoms with Crippen molar-refractivity contribution in [2.24, 2.45) is 0 Å². The minimum absolute atomic E-state index is 0.0322. The summed E-state index contributed by atoms with van der Waals surface area (Å²) in [5.74, 6) is 0.498. The van der Waals surface area contributed by atoms with Crippen LogP contribution in [0, 0.1) is 6.92 Å². The van der Waals surface area contributed by atoms with Gasteiger partial charge in [0.1, 0.15) is 17.4 Å². The van der Waals surface area contributed by atoms with Crippen molar-refractivity contribution in [3.8, 4) is 16.9 Å². The fourth-order valence-electron chi connectivity index (χ4n) is 3.73. The number of fused-ring (bicyclic) bond motifs is 1. The number of pyridine rings is 1. The van der Waals surface area contributed by atoms with Crippen molar-refractivity contribution in [3.63, 3.8) is 0 Å². The lowest BCUT2D eigenvalue weighted by Gasteiger charge is -2.24. The molecule has 1 saturated heterocycles. The molecule has 0 unspecified atom stereocenters. The predicted octanol–water partition coefficient (Wildman–Crippen LogP) is 2.77. The highest BCUT2D eigenvalue weighted by molar-refractivity contribution is 6.45. The maximum Gasteiger partial charge on any atom is 0.393 e. The zero-order chi connectivity index (χ0) is 23.5. The first-order chi connectivity index (χ1) is 15.8. The number of benzene rings is 1. The molecule has 0 saturated carbocycles. The first kappa shape index (κ1) is 22.7. The number of amides is 1. The molecule has 3 N–H and O–H groups in total. The van der Waals surface area contributed by atoms with Crippen molar-refractivity contribution in [1.29, 1.82) is 0 Å². The summed E-state index contributed by atoms with van der Waals surface area (Å²) in [5, 5.41) is 3.39. The summed E-state index contributed by atoms with van der Waals surface area (Å²) in [4.78, 5) is 38.0. The number of anilines is 2. The van der Waals surface area contributed by atoms with Gasteiger partial charge in [-0.1, -0.05) is 0 Å². The van der Waals surface area contributed by atoms with Crippen molar-refractivity contribution in [1.82, 2.24) is 15.0 Å².